The van der Waals surface area contributed by atoms with Crippen LogP contribution >= 0.6 is 0 Å². The fraction of sp³-hybridized carbons (Fsp3) is 0.786. The predicted molar refractivity (Wildman–Crippen MR) is 71.9 cm³/mol. The summed E-state index contributed by atoms with van der Waals surface area (Å²) in [6.07, 6.45) is 9.38. The van der Waals surface area contributed by atoms with Crippen LogP contribution in [0.15, 0.2) is 12.7 Å². The number of rotatable bonds is 7. The van der Waals surface area contributed by atoms with Gasteiger partial charge in [-0.3, -0.25) is 4.79 Å². The molecule has 98 valence electrons. The summed E-state index contributed by atoms with van der Waals surface area (Å²) in [5.74, 6) is 0.807. The van der Waals surface area contributed by atoms with Crippen molar-refractivity contribution in [3.05, 3.63) is 12.7 Å². The van der Waals surface area contributed by atoms with Gasteiger partial charge >= 0.3 is 0 Å². The molecule has 0 aromatic heterocycles. The van der Waals surface area contributed by atoms with Crippen LogP contribution in [0.4, 0.5) is 0 Å². The minimum atomic E-state index is 0.115. The largest absolute Gasteiger partial charge is 0.352 e. The molecule has 0 heterocycles. The molecule has 17 heavy (non-hydrogen) atoms. The van der Waals surface area contributed by atoms with Gasteiger partial charge in [0.15, 0.2) is 0 Å². The van der Waals surface area contributed by atoms with Crippen LogP contribution in [-0.2, 0) is 4.79 Å². The van der Waals surface area contributed by atoms with Crippen LogP contribution in [0.5, 0.6) is 0 Å². The predicted octanol–water partition coefficient (Wildman–Crippen LogP) is 2.24. The lowest BCUT2D eigenvalue weighted by Crippen LogP contribution is -2.44. The second-order valence-corrected chi connectivity index (χ2v) is 4.90. The highest BCUT2D eigenvalue weighted by molar-refractivity contribution is 5.78. The van der Waals surface area contributed by atoms with Crippen molar-refractivity contribution in [1.82, 2.24) is 10.6 Å². The number of amides is 1. The minimum Gasteiger partial charge on any atom is -0.352 e. The highest BCUT2D eigenvalue weighted by Gasteiger charge is 2.23. The molecular weight excluding hydrogens is 212 g/mol. The molecule has 1 aliphatic rings. The second kappa shape index (κ2) is 8.29. The van der Waals surface area contributed by atoms with Gasteiger partial charge in [-0.2, -0.15) is 0 Å². The Morgan fingerprint density at radius 1 is 1.41 bits per heavy atom. The Morgan fingerprint density at radius 2 is 2.12 bits per heavy atom. The first-order valence-corrected chi connectivity index (χ1v) is 6.89. The Labute approximate surface area is 105 Å². The van der Waals surface area contributed by atoms with Crippen LogP contribution < -0.4 is 10.6 Å². The van der Waals surface area contributed by atoms with E-state index in [4.69, 9.17) is 0 Å². The van der Waals surface area contributed by atoms with E-state index >= 15 is 0 Å². The van der Waals surface area contributed by atoms with Gasteiger partial charge in [0.25, 0.3) is 0 Å². The van der Waals surface area contributed by atoms with E-state index < -0.39 is 0 Å². The fourth-order valence-corrected chi connectivity index (χ4v) is 2.64. The van der Waals surface area contributed by atoms with Crippen molar-refractivity contribution < 1.29 is 4.79 Å². The molecule has 0 spiro atoms. The fourth-order valence-electron chi connectivity index (χ4n) is 2.64. The van der Waals surface area contributed by atoms with Crippen molar-refractivity contribution in [2.75, 3.05) is 13.1 Å². The Bertz CT molecular complexity index is 234. The Kier molecular flexibility index (Phi) is 6.94. The second-order valence-electron chi connectivity index (χ2n) is 4.90. The lowest BCUT2D eigenvalue weighted by Gasteiger charge is -2.30. The Morgan fingerprint density at radius 3 is 2.71 bits per heavy atom. The maximum Gasteiger partial charge on any atom is 0.234 e. The summed E-state index contributed by atoms with van der Waals surface area (Å²) in [5.41, 5.74) is 0. The summed E-state index contributed by atoms with van der Waals surface area (Å²) in [6.45, 7) is 6.86. The summed E-state index contributed by atoms with van der Waals surface area (Å²) in [7, 11) is 0. The zero-order valence-corrected chi connectivity index (χ0v) is 11.0. The van der Waals surface area contributed by atoms with Crippen molar-refractivity contribution in [1.29, 1.82) is 0 Å². The summed E-state index contributed by atoms with van der Waals surface area (Å²) >= 11 is 0. The molecule has 1 saturated carbocycles. The van der Waals surface area contributed by atoms with Gasteiger partial charge in [-0.15, -0.1) is 6.58 Å². The van der Waals surface area contributed by atoms with Crippen LogP contribution in [0, 0.1) is 5.92 Å². The summed E-state index contributed by atoms with van der Waals surface area (Å²) in [6, 6.07) is 0.369. The lowest BCUT2D eigenvalue weighted by molar-refractivity contribution is -0.121. The van der Waals surface area contributed by atoms with Gasteiger partial charge in [0.05, 0.1) is 6.54 Å². The molecule has 1 fully saturated rings. The van der Waals surface area contributed by atoms with E-state index in [1.165, 1.54) is 32.1 Å². The van der Waals surface area contributed by atoms with E-state index in [0.29, 0.717) is 25.0 Å². The topological polar surface area (TPSA) is 41.1 Å². The average molecular weight is 238 g/mol. The first-order chi connectivity index (χ1) is 8.27. The highest BCUT2D eigenvalue weighted by Crippen LogP contribution is 2.27. The van der Waals surface area contributed by atoms with E-state index in [0.717, 1.165) is 6.42 Å². The highest BCUT2D eigenvalue weighted by atomic mass is 16.1. The molecule has 0 radical (unpaired) electrons. The van der Waals surface area contributed by atoms with E-state index in [1.807, 2.05) is 0 Å². The average Bonchev–Trinajstić information content (AvgIpc) is 2.37. The molecule has 1 aliphatic carbocycles. The van der Waals surface area contributed by atoms with Crippen LogP contribution in [0.1, 0.15) is 45.4 Å². The van der Waals surface area contributed by atoms with Crippen LogP contribution in [0.25, 0.3) is 0 Å². The van der Waals surface area contributed by atoms with Crippen LogP contribution in [0.3, 0.4) is 0 Å². The number of hydrogen-bond acceptors (Lipinski definition) is 2. The third-order valence-corrected chi connectivity index (χ3v) is 3.58. The molecule has 0 aromatic carbocycles. The van der Waals surface area contributed by atoms with Gasteiger partial charge in [-0.1, -0.05) is 32.3 Å². The molecule has 0 aromatic rings. The molecule has 1 rings (SSSR count). The number of carbonyl (C=O) groups excluding carboxylic acids is 1. The van der Waals surface area contributed by atoms with E-state index in [1.54, 1.807) is 6.08 Å². The summed E-state index contributed by atoms with van der Waals surface area (Å²) in [5, 5.41) is 6.20. The smallest absolute Gasteiger partial charge is 0.234 e. The standard InChI is InChI=1S/C14H26N2O/c1-3-10-15-11-14(17)16-13(4-2)12-8-6-5-7-9-12/h3,12-13,15H,1,4-11H2,2H3,(H,16,17). The maximum absolute atomic E-state index is 11.7. The van der Waals surface area contributed by atoms with Gasteiger partial charge in [0, 0.05) is 12.6 Å². The molecule has 1 amide bonds. The van der Waals surface area contributed by atoms with Gasteiger partial charge in [-0.25, -0.2) is 0 Å². The van der Waals surface area contributed by atoms with Gasteiger partial charge in [-0.05, 0) is 25.2 Å². The van der Waals surface area contributed by atoms with Crippen LogP contribution in [-0.4, -0.2) is 25.0 Å². The van der Waals surface area contributed by atoms with Crippen molar-refractivity contribution in [3.8, 4) is 0 Å². The van der Waals surface area contributed by atoms with Crippen molar-refractivity contribution in [2.24, 2.45) is 5.92 Å². The molecule has 2 N–H and O–H groups in total. The quantitative estimate of drug-likeness (QED) is 0.527. The molecule has 1 atom stereocenters. The lowest BCUT2D eigenvalue weighted by atomic mass is 9.83. The van der Waals surface area contributed by atoms with E-state index in [-0.39, 0.29) is 5.91 Å². The zero-order chi connectivity index (χ0) is 12.5. The molecule has 0 bridgehead atoms. The van der Waals surface area contributed by atoms with E-state index in [2.05, 4.69) is 24.1 Å². The van der Waals surface area contributed by atoms with Gasteiger partial charge in [0.2, 0.25) is 5.91 Å². The minimum absolute atomic E-state index is 0.115. The monoisotopic (exact) mass is 238 g/mol. The summed E-state index contributed by atoms with van der Waals surface area (Å²) < 4.78 is 0. The molecule has 0 saturated heterocycles. The number of hydrogen-bond donors (Lipinski definition) is 2. The first-order valence-electron chi connectivity index (χ1n) is 6.89. The van der Waals surface area contributed by atoms with Crippen LogP contribution in [0.2, 0.25) is 0 Å². The maximum atomic E-state index is 11.7. The van der Waals surface area contributed by atoms with Gasteiger partial charge < -0.3 is 10.6 Å². The van der Waals surface area contributed by atoms with E-state index in [9.17, 15) is 4.79 Å². The molecular formula is C14H26N2O. The normalized spacial score (nSPS) is 18.6. The molecule has 3 heteroatoms. The number of nitrogens with one attached hydrogen (secondary N) is 2. The molecule has 1 unspecified atom stereocenters. The number of carbonyl (C=O) groups is 1. The SMILES string of the molecule is C=CCNCC(=O)NC(CC)C1CCCCC1. The summed E-state index contributed by atoms with van der Waals surface area (Å²) in [4.78, 5) is 11.7. The first kappa shape index (κ1) is 14.2. The molecule has 0 aliphatic heterocycles. The van der Waals surface area contributed by atoms with Crippen molar-refractivity contribution in [2.45, 2.75) is 51.5 Å². The van der Waals surface area contributed by atoms with Gasteiger partial charge in [0.1, 0.15) is 0 Å². The molecule has 3 nitrogen and oxygen atoms in total. The Balaban J connectivity index is 2.29. The third kappa shape index (κ3) is 5.35. The Hall–Kier alpha value is -0.830. The zero-order valence-electron chi connectivity index (χ0n) is 11.0. The third-order valence-electron chi connectivity index (χ3n) is 3.58. The van der Waals surface area contributed by atoms with Crippen molar-refractivity contribution >= 4 is 5.91 Å². The van der Waals surface area contributed by atoms with Crippen molar-refractivity contribution in [3.63, 3.8) is 0 Å².